The Balaban J connectivity index is 1.19. The monoisotopic (exact) mass is 742 g/mol. The molecule has 0 bridgehead atoms. The molecule has 14 nitrogen and oxygen atoms in total. The highest BCUT2D eigenvalue weighted by Crippen LogP contribution is 2.07. The Labute approximate surface area is 317 Å². The number of hydrogen-bond acceptors (Lipinski definition) is 8. The van der Waals surface area contributed by atoms with Gasteiger partial charge in [0, 0.05) is 59.3 Å². The topological polar surface area (TPSA) is 215 Å². The van der Waals surface area contributed by atoms with Gasteiger partial charge in [0.1, 0.15) is 12.1 Å². The van der Waals surface area contributed by atoms with Crippen molar-refractivity contribution in [3.63, 3.8) is 0 Å². The molecule has 4 rings (SSSR count). The fourth-order valence-electron chi connectivity index (χ4n) is 4.82. The van der Waals surface area contributed by atoms with Crippen LogP contribution in [0.3, 0.4) is 0 Å². The molecule has 1 unspecified atom stereocenters. The largest absolute Gasteiger partial charge is 0.353 e. The zero-order chi connectivity index (χ0) is 39.4. The lowest BCUT2D eigenvalue weighted by Crippen LogP contribution is -2.52. The van der Waals surface area contributed by atoms with Crippen molar-refractivity contribution in [2.24, 2.45) is 0 Å². The molecule has 4 aromatic rings. The van der Waals surface area contributed by atoms with Crippen LogP contribution in [0.25, 0.3) is 0 Å². The van der Waals surface area contributed by atoms with E-state index in [4.69, 9.17) is 10.4 Å². The van der Waals surface area contributed by atoms with E-state index in [1.807, 2.05) is 60.7 Å². The van der Waals surface area contributed by atoms with E-state index < -0.39 is 47.5 Å². The van der Waals surface area contributed by atoms with Gasteiger partial charge in [-0.1, -0.05) is 60.1 Å². The van der Waals surface area contributed by atoms with Crippen LogP contribution in [-0.4, -0.2) is 71.0 Å². The molecule has 0 aliphatic carbocycles. The molecular formula is C41H38N6O8. The van der Waals surface area contributed by atoms with Gasteiger partial charge in [0.15, 0.2) is 0 Å². The van der Waals surface area contributed by atoms with Gasteiger partial charge >= 0.3 is 0 Å². The van der Waals surface area contributed by atoms with Crippen molar-refractivity contribution < 1.29 is 39.2 Å². The summed E-state index contributed by atoms with van der Waals surface area (Å²) in [6.07, 6.45) is -0.199. The molecule has 280 valence electrons. The average molecular weight is 743 g/mol. The van der Waals surface area contributed by atoms with Crippen molar-refractivity contribution in [3.8, 4) is 23.7 Å². The molecule has 0 spiro atoms. The molecule has 4 aromatic carbocycles. The highest BCUT2D eigenvalue weighted by Gasteiger charge is 2.23. The number of carbonyl (C=O) groups excluding carboxylic acids is 6. The molecule has 0 saturated carbocycles. The lowest BCUT2D eigenvalue weighted by Gasteiger charge is -2.18. The van der Waals surface area contributed by atoms with Gasteiger partial charge in [-0.3, -0.25) is 39.2 Å². The molecule has 14 heteroatoms. The van der Waals surface area contributed by atoms with Gasteiger partial charge in [0.2, 0.25) is 11.8 Å². The Hall–Kier alpha value is -7.26. The highest BCUT2D eigenvalue weighted by molar-refractivity contribution is 5.98. The van der Waals surface area contributed by atoms with Crippen molar-refractivity contribution in [2.45, 2.75) is 31.3 Å². The summed E-state index contributed by atoms with van der Waals surface area (Å²) in [6, 6.07) is 28.8. The third-order valence-corrected chi connectivity index (χ3v) is 7.82. The summed E-state index contributed by atoms with van der Waals surface area (Å²) < 4.78 is 0. The third kappa shape index (κ3) is 13.7. The van der Waals surface area contributed by atoms with Crippen molar-refractivity contribution in [1.29, 1.82) is 0 Å². The first kappa shape index (κ1) is 40.5. The van der Waals surface area contributed by atoms with Crippen molar-refractivity contribution in [3.05, 3.63) is 143 Å². The zero-order valence-corrected chi connectivity index (χ0v) is 29.4. The van der Waals surface area contributed by atoms with E-state index in [2.05, 4.69) is 44.9 Å². The van der Waals surface area contributed by atoms with E-state index in [9.17, 15) is 28.8 Å². The maximum absolute atomic E-state index is 12.8. The second kappa shape index (κ2) is 21.3. The first-order valence-corrected chi connectivity index (χ1v) is 17.0. The van der Waals surface area contributed by atoms with E-state index >= 15 is 0 Å². The summed E-state index contributed by atoms with van der Waals surface area (Å²) in [7, 11) is 0. The van der Waals surface area contributed by atoms with Gasteiger partial charge in [-0.25, -0.2) is 11.0 Å². The molecule has 55 heavy (non-hydrogen) atoms. The fourth-order valence-corrected chi connectivity index (χ4v) is 4.82. The van der Waals surface area contributed by atoms with E-state index in [-0.39, 0.29) is 43.5 Å². The number of hydroxylamine groups is 2. The van der Waals surface area contributed by atoms with Gasteiger partial charge in [-0.15, -0.1) is 0 Å². The van der Waals surface area contributed by atoms with Gasteiger partial charge in [-0.05, 0) is 79.2 Å². The number of benzene rings is 4. The first-order valence-electron chi connectivity index (χ1n) is 17.0. The Morgan fingerprint density at radius 1 is 0.473 bits per heavy atom. The summed E-state index contributed by atoms with van der Waals surface area (Å²) in [6.45, 7) is -0.712. The van der Waals surface area contributed by atoms with E-state index in [0.717, 1.165) is 11.1 Å². The van der Waals surface area contributed by atoms with E-state index in [1.165, 1.54) is 35.2 Å². The SMILES string of the molecule is O=C(CCCC(=O)NC[C@H](NC(=O)c1ccc(C#Cc2ccccc2)cc1)C(=O)NO)NCC(NC(=O)c1ccc(C#Cc2ccccc2)cc1)C(=O)NO. The molecule has 0 radical (unpaired) electrons. The minimum Gasteiger partial charge on any atom is -0.353 e. The maximum atomic E-state index is 12.8. The molecule has 0 aliphatic heterocycles. The van der Waals surface area contributed by atoms with Crippen LogP contribution in [0.2, 0.25) is 0 Å². The van der Waals surface area contributed by atoms with Crippen LogP contribution in [0.4, 0.5) is 0 Å². The predicted molar refractivity (Wildman–Crippen MR) is 200 cm³/mol. The molecule has 2 atom stereocenters. The third-order valence-electron chi connectivity index (χ3n) is 7.82. The standard InChI is InChI=1S/C41H38N6O8/c48-36(42-26-34(40(52)46-54)44-38(50)32-22-18-30(19-23-32)16-14-28-8-3-1-4-9-28)12-7-13-37(49)43-27-35(41(53)47-55)45-39(51)33-24-20-31(21-25-33)17-15-29-10-5-2-6-11-29/h1-6,8-11,18-25,34-35,54-55H,7,12-13,26-27H2,(H,42,48)(H,43,49)(H,44,50)(H,45,51)(H,46,52)(H,47,53)/t34-,35?/m0/s1. The quantitative estimate of drug-likeness (QED) is 0.0541. The van der Waals surface area contributed by atoms with Crippen LogP contribution in [0.15, 0.2) is 109 Å². The van der Waals surface area contributed by atoms with Crippen LogP contribution < -0.4 is 32.2 Å². The smallest absolute Gasteiger partial charge is 0.267 e. The van der Waals surface area contributed by atoms with Gasteiger partial charge in [0.05, 0.1) is 0 Å². The van der Waals surface area contributed by atoms with Crippen molar-refractivity contribution >= 4 is 35.4 Å². The number of nitrogens with one attached hydrogen (secondary N) is 6. The first-order chi connectivity index (χ1) is 26.6. The summed E-state index contributed by atoms with van der Waals surface area (Å²) in [5.74, 6) is 7.76. The van der Waals surface area contributed by atoms with Crippen LogP contribution in [0.1, 0.15) is 62.2 Å². The van der Waals surface area contributed by atoms with Crippen LogP contribution in [0, 0.1) is 23.7 Å². The Morgan fingerprint density at radius 3 is 1.13 bits per heavy atom. The van der Waals surface area contributed by atoms with Crippen LogP contribution >= 0.6 is 0 Å². The minimum absolute atomic E-state index is 0.0726. The number of hydrogen-bond donors (Lipinski definition) is 8. The number of carbonyl (C=O) groups is 6. The normalized spacial score (nSPS) is 11.1. The fraction of sp³-hybridized carbons (Fsp3) is 0.171. The molecule has 0 aromatic heterocycles. The molecule has 0 fully saturated rings. The summed E-state index contributed by atoms with van der Waals surface area (Å²) >= 11 is 0. The molecular weight excluding hydrogens is 704 g/mol. The second-order valence-electron chi connectivity index (χ2n) is 11.9. The second-order valence-corrected chi connectivity index (χ2v) is 11.9. The summed E-state index contributed by atoms with van der Waals surface area (Å²) in [4.78, 5) is 75.0. The van der Waals surface area contributed by atoms with Gasteiger partial charge in [-0.2, -0.15) is 0 Å². The molecule has 0 heterocycles. The lowest BCUT2D eigenvalue weighted by atomic mass is 10.1. The Morgan fingerprint density at radius 2 is 0.800 bits per heavy atom. The van der Waals surface area contributed by atoms with Crippen molar-refractivity contribution in [2.75, 3.05) is 13.1 Å². The molecule has 0 aliphatic rings. The van der Waals surface area contributed by atoms with Crippen LogP contribution in [0.5, 0.6) is 0 Å². The van der Waals surface area contributed by atoms with E-state index in [0.29, 0.717) is 11.1 Å². The number of rotatable bonds is 14. The highest BCUT2D eigenvalue weighted by atomic mass is 16.5. The minimum atomic E-state index is -1.32. The lowest BCUT2D eigenvalue weighted by molar-refractivity contribution is -0.132. The Bertz CT molecular complexity index is 1930. The summed E-state index contributed by atoms with van der Waals surface area (Å²) in [5.41, 5.74) is 6.35. The molecule has 6 amide bonds. The van der Waals surface area contributed by atoms with Gasteiger partial charge < -0.3 is 21.3 Å². The Kier molecular flexibility index (Phi) is 15.7. The maximum Gasteiger partial charge on any atom is 0.267 e. The predicted octanol–water partition coefficient (Wildman–Crippen LogP) is 1.80. The van der Waals surface area contributed by atoms with Crippen molar-refractivity contribution in [1.82, 2.24) is 32.2 Å². The van der Waals surface area contributed by atoms with E-state index in [1.54, 1.807) is 24.3 Å². The molecule has 8 N–H and O–H groups in total. The van der Waals surface area contributed by atoms with Gasteiger partial charge in [0.25, 0.3) is 23.6 Å². The zero-order valence-electron chi connectivity index (χ0n) is 29.4. The van der Waals surface area contributed by atoms with Crippen LogP contribution in [-0.2, 0) is 19.2 Å². The number of amides is 6. The summed E-state index contributed by atoms with van der Waals surface area (Å²) in [5, 5.41) is 28.2. The molecule has 0 saturated heterocycles. The average Bonchev–Trinajstić information content (AvgIpc) is 3.22.